The fourth-order valence-corrected chi connectivity index (χ4v) is 9.12. The number of fused-ring (bicyclic) bond motifs is 3. The molecule has 1 saturated heterocycles. The third-order valence-electron chi connectivity index (χ3n) is 11.1. The molecule has 5 aliphatic rings. The lowest BCUT2D eigenvalue weighted by Gasteiger charge is -2.31. The Bertz CT molecular complexity index is 1710. The average molecular weight is 699 g/mol. The number of Topliss-reactive ketones (excluding diaryl/α,β-unsaturated/α-hetero) is 1. The summed E-state index contributed by atoms with van der Waals surface area (Å²) in [5, 5.41) is -0.590. The zero-order valence-electron chi connectivity index (χ0n) is 28.5. The molecule has 1 aromatic heterocycles. The molecule has 3 heterocycles. The molecule has 3 aliphatic carbocycles. The monoisotopic (exact) mass is 698 g/mol. The minimum atomic E-state index is -3.83. The summed E-state index contributed by atoms with van der Waals surface area (Å²) >= 11 is 0. The summed E-state index contributed by atoms with van der Waals surface area (Å²) in [4.78, 5) is 48.0. The number of halogens is 1. The minimum absolute atomic E-state index is 0.0366. The second-order valence-corrected chi connectivity index (χ2v) is 16.6. The number of ketones is 1. The summed E-state index contributed by atoms with van der Waals surface area (Å²) in [6.07, 6.45) is 10.5. The fourth-order valence-electron chi connectivity index (χ4n) is 7.73. The highest BCUT2D eigenvalue weighted by atomic mass is 32.2. The standard InChI is InChI=1S/C36H47FN4O7S/c1-5-22-12-20(2)8-6-7-9-23-16-36(23,35(44)40-49(45,46)25-10-11-25)17-30(42)29-14-24(19-41(29)34(43)32(22)38)48-33-27-15-28(37)21(3)13-26(27)31(47-4)18-39-33/h7,9,15,18,20,22-25,29,32H,3,5-6,8,10-14,16-17,19,38H2,1-2,4H3,(H,40,44)/b9-7-/t20-,22-,23-,24-,29+,32+,36-/m1/s1. The molecule has 266 valence electrons. The Balaban J connectivity index is 1.32. The molecule has 1 aromatic rings. The van der Waals surface area contributed by atoms with E-state index in [1.807, 2.05) is 19.1 Å². The molecule has 2 aliphatic heterocycles. The molecule has 2 saturated carbocycles. The number of nitrogens with one attached hydrogen (secondary N) is 1. The first kappa shape index (κ1) is 35.3. The van der Waals surface area contributed by atoms with Gasteiger partial charge in [-0.3, -0.25) is 19.1 Å². The number of ether oxygens (including phenoxy) is 2. The van der Waals surface area contributed by atoms with Gasteiger partial charge in [0, 0.05) is 30.4 Å². The summed E-state index contributed by atoms with van der Waals surface area (Å²) in [5.74, 6) is -1.43. The summed E-state index contributed by atoms with van der Waals surface area (Å²) in [5.41, 5.74) is 6.81. The maximum Gasteiger partial charge on any atom is 0.240 e. The van der Waals surface area contributed by atoms with Crippen LogP contribution in [-0.4, -0.2) is 73.0 Å². The highest BCUT2D eigenvalue weighted by Crippen LogP contribution is 2.57. The van der Waals surface area contributed by atoms with Crippen molar-refractivity contribution in [2.45, 2.75) is 101 Å². The van der Waals surface area contributed by atoms with Crippen molar-refractivity contribution < 1.29 is 36.7 Å². The van der Waals surface area contributed by atoms with E-state index in [-0.39, 0.29) is 61.1 Å². The highest BCUT2D eigenvalue weighted by molar-refractivity contribution is 7.90. The van der Waals surface area contributed by atoms with Gasteiger partial charge in [0.1, 0.15) is 17.7 Å². The molecular formula is C36H47FN4O7S. The van der Waals surface area contributed by atoms with Crippen LogP contribution in [0.1, 0.15) is 82.8 Å². The predicted molar refractivity (Wildman–Crippen MR) is 181 cm³/mol. The molecule has 0 bridgehead atoms. The number of methoxy groups -OCH3 is 1. The number of pyridine rings is 1. The third kappa shape index (κ3) is 7.06. The van der Waals surface area contributed by atoms with Crippen molar-refractivity contribution in [3.63, 3.8) is 0 Å². The predicted octanol–water partition coefficient (Wildman–Crippen LogP) is 4.16. The van der Waals surface area contributed by atoms with Crippen molar-refractivity contribution in [3.05, 3.63) is 47.5 Å². The lowest BCUT2D eigenvalue weighted by Crippen LogP contribution is -2.52. The summed E-state index contributed by atoms with van der Waals surface area (Å²) in [6.45, 7) is 7.96. The van der Waals surface area contributed by atoms with Crippen LogP contribution in [0.2, 0.25) is 0 Å². The van der Waals surface area contributed by atoms with Crippen LogP contribution in [0, 0.1) is 23.2 Å². The summed E-state index contributed by atoms with van der Waals surface area (Å²) in [6, 6.07) is -1.81. The average Bonchev–Trinajstić information content (AvgIpc) is 3.99. The number of amides is 2. The van der Waals surface area contributed by atoms with E-state index in [4.69, 9.17) is 15.2 Å². The molecule has 2 amide bonds. The Hall–Kier alpha value is -3.58. The Morgan fingerprint density at radius 3 is 2.69 bits per heavy atom. The quantitative estimate of drug-likeness (QED) is 0.399. The fraction of sp³-hybridized carbons (Fsp3) is 0.611. The van der Waals surface area contributed by atoms with Crippen molar-refractivity contribution >= 4 is 33.7 Å². The summed E-state index contributed by atoms with van der Waals surface area (Å²) in [7, 11) is -2.34. The highest BCUT2D eigenvalue weighted by Gasteiger charge is 2.61. The van der Waals surface area contributed by atoms with Gasteiger partial charge in [-0.2, -0.15) is 0 Å². The van der Waals surface area contributed by atoms with Crippen molar-refractivity contribution in [3.8, 4) is 11.6 Å². The maximum atomic E-state index is 14.7. The number of carbonyl (C=O) groups is 3. The number of sulfonamides is 1. The summed E-state index contributed by atoms with van der Waals surface area (Å²) < 4.78 is 54.4. The molecule has 11 nitrogen and oxygen atoms in total. The van der Waals surface area contributed by atoms with E-state index in [2.05, 4.69) is 23.2 Å². The number of allylic oxidation sites excluding steroid dienone is 4. The largest absolute Gasteiger partial charge is 0.495 e. The van der Waals surface area contributed by atoms with Crippen molar-refractivity contribution in [1.82, 2.24) is 14.6 Å². The van der Waals surface area contributed by atoms with Crippen LogP contribution in [0.3, 0.4) is 0 Å². The number of aromatic nitrogens is 1. The smallest absolute Gasteiger partial charge is 0.240 e. The number of rotatable bonds is 7. The van der Waals surface area contributed by atoms with E-state index in [0.29, 0.717) is 48.1 Å². The van der Waals surface area contributed by atoms with Crippen LogP contribution in [0.25, 0.3) is 6.08 Å². The van der Waals surface area contributed by atoms with Gasteiger partial charge in [-0.15, -0.1) is 0 Å². The van der Waals surface area contributed by atoms with Crippen LogP contribution in [-0.2, 0) is 30.8 Å². The van der Waals surface area contributed by atoms with Crippen molar-refractivity contribution in [2.24, 2.45) is 28.9 Å². The molecule has 0 spiro atoms. The first-order valence-electron chi connectivity index (χ1n) is 17.4. The van der Waals surface area contributed by atoms with Crippen LogP contribution in [0.5, 0.6) is 11.6 Å². The normalized spacial score (nSPS) is 32.9. The molecule has 0 unspecified atom stereocenters. The number of carbonyl (C=O) groups excluding carboxylic acids is 3. The van der Waals surface area contributed by atoms with Gasteiger partial charge < -0.3 is 20.1 Å². The first-order valence-corrected chi connectivity index (χ1v) is 18.9. The molecule has 3 N–H and O–H groups in total. The lowest BCUT2D eigenvalue weighted by atomic mass is 9.85. The van der Waals surface area contributed by atoms with Crippen molar-refractivity contribution in [2.75, 3.05) is 13.7 Å². The molecule has 3 fully saturated rings. The molecule has 13 heteroatoms. The van der Waals surface area contributed by atoms with Gasteiger partial charge in [0.2, 0.25) is 27.7 Å². The van der Waals surface area contributed by atoms with Gasteiger partial charge >= 0.3 is 0 Å². The molecule has 6 rings (SSSR count). The van der Waals surface area contributed by atoms with Crippen LogP contribution in [0.15, 0.2) is 36.3 Å². The van der Waals surface area contributed by atoms with E-state index in [9.17, 15) is 27.2 Å². The zero-order chi connectivity index (χ0) is 35.2. The third-order valence-corrected chi connectivity index (χ3v) is 12.9. The van der Waals surface area contributed by atoms with Crippen LogP contribution >= 0.6 is 0 Å². The Morgan fingerprint density at radius 2 is 2.00 bits per heavy atom. The minimum Gasteiger partial charge on any atom is -0.495 e. The van der Waals surface area contributed by atoms with Gasteiger partial charge in [0.05, 0.1) is 42.6 Å². The van der Waals surface area contributed by atoms with Crippen molar-refractivity contribution in [1.29, 1.82) is 0 Å². The molecule has 0 radical (unpaired) electrons. The van der Waals surface area contributed by atoms with Gasteiger partial charge in [-0.05, 0) is 67.9 Å². The number of nitrogens with zero attached hydrogens (tertiary/aromatic N) is 2. The molecule has 0 aromatic carbocycles. The zero-order valence-corrected chi connectivity index (χ0v) is 29.3. The first-order chi connectivity index (χ1) is 23.3. The van der Waals surface area contributed by atoms with E-state index in [1.54, 1.807) is 0 Å². The van der Waals surface area contributed by atoms with E-state index in [1.165, 1.54) is 24.3 Å². The van der Waals surface area contributed by atoms with E-state index in [0.717, 1.165) is 19.3 Å². The van der Waals surface area contributed by atoms with Gasteiger partial charge in [0.25, 0.3) is 0 Å². The number of hydrogen-bond donors (Lipinski definition) is 2. The van der Waals surface area contributed by atoms with Gasteiger partial charge in [-0.25, -0.2) is 17.8 Å². The van der Waals surface area contributed by atoms with E-state index < -0.39 is 50.6 Å². The van der Waals surface area contributed by atoms with Gasteiger partial charge in [-0.1, -0.05) is 39.0 Å². The molecule has 49 heavy (non-hydrogen) atoms. The topological polar surface area (TPSA) is 158 Å². The van der Waals surface area contributed by atoms with E-state index >= 15 is 0 Å². The Kier molecular flexibility index (Phi) is 9.80. The Morgan fingerprint density at radius 1 is 1.24 bits per heavy atom. The molecule has 7 atom stereocenters. The lowest BCUT2D eigenvalue weighted by molar-refractivity contribution is -0.141. The second-order valence-electron chi connectivity index (χ2n) is 14.6. The van der Waals surface area contributed by atoms with Crippen LogP contribution < -0.4 is 19.9 Å². The SMILES string of the molecule is C=C1Cc2c(OC)cnc(O[C@@H]3C[C@H]4C(=O)C[C@]5(C(=O)NS(=O)(=O)C6CC6)C[C@H]5/C=C\CC[C@@H](C)C[C@@H](CC)[C@H](N)C(=O)N4C3)c2C=C1F. The van der Waals surface area contributed by atoms with Crippen LogP contribution in [0.4, 0.5) is 4.39 Å². The molecular weight excluding hydrogens is 651 g/mol. The number of hydrogen-bond acceptors (Lipinski definition) is 9. The van der Waals surface area contributed by atoms with Gasteiger partial charge in [0.15, 0.2) is 5.78 Å². The maximum absolute atomic E-state index is 14.7. The Labute approximate surface area is 287 Å². The number of nitrogens with two attached hydrogens (primary N) is 1. The second kappa shape index (κ2) is 13.6.